The van der Waals surface area contributed by atoms with Gasteiger partial charge in [0.05, 0.1) is 6.10 Å². The van der Waals surface area contributed by atoms with Crippen molar-refractivity contribution >= 4 is 5.78 Å². The fraction of sp³-hybridized carbons (Fsp3) is 0.933. The SMILES string of the molecule is CCCCCCCCC(=O)CC1CCCCO1. The first kappa shape index (κ1) is 14.7. The monoisotopic (exact) mass is 240 g/mol. The van der Waals surface area contributed by atoms with Crippen LogP contribution >= 0.6 is 0 Å². The Hall–Kier alpha value is -0.370. The van der Waals surface area contributed by atoms with Gasteiger partial charge in [0, 0.05) is 19.4 Å². The van der Waals surface area contributed by atoms with Gasteiger partial charge in [0.15, 0.2) is 0 Å². The summed E-state index contributed by atoms with van der Waals surface area (Å²) >= 11 is 0. The van der Waals surface area contributed by atoms with Crippen molar-refractivity contribution in [3.05, 3.63) is 0 Å². The molecule has 0 bridgehead atoms. The fourth-order valence-corrected chi connectivity index (χ4v) is 2.43. The number of Topliss-reactive ketones (excluding diaryl/α,β-unsaturated/α-hetero) is 1. The summed E-state index contributed by atoms with van der Waals surface area (Å²) in [6.45, 7) is 3.09. The van der Waals surface area contributed by atoms with Crippen molar-refractivity contribution in [2.75, 3.05) is 6.61 Å². The molecular weight excluding hydrogens is 212 g/mol. The summed E-state index contributed by atoms with van der Waals surface area (Å²) in [5.41, 5.74) is 0. The van der Waals surface area contributed by atoms with Crippen LogP contribution in [0.15, 0.2) is 0 Å². The van der Waals surface area contributed by atoms with Crippen LogP contribution in [-0.2, 0) is 9.53 Å². The molecule has 100 valence electrons. The lowest BCUT2D eigenvalue weighted by atomic mass is 10.0. The third-order valence-corrected chi connectivity index (χ3v) is 3.54. The number of ether oxygens (including phenoxy) is 1. The Bertz CT molecular complexity index is 195. The molecule has 2 nitrogen and oxygen atoms in total. The van der Waals surface area contributed by atoms with E-state index in [4.69, 9.17) is 4.74 Å². The lowest BCUT2D eigenvalue weighted by Gasteiger charge is -2.21. The van der Waals surface area contributed by atoms with Crippen LogP contribution in [0.25, 0.3) is 0 Å². The smallest absolute Gasteiger partial charge is 0.135 e. The minimum atomic E-state index is 0.233. The Morgan fingerprint density at radius 2 is 1.88 bits per heavy atom. The van der Waals surface area contributed by atoms with E-state index in [1.807, 2.05) is 0 Å². The number of carbonyl (C=O) groups is 1. The van der Waals surface area contributed by atoms with Gasteiger partial charge in [-0.25, -0.2) is 0 Å². The summed E-state index contributed by atoms with van der Waals surface area (Å²) in [7, 11) is 0. The third-order valence-electron chi connectivity index (χ3n) is 3.54. The second kappa shape index (κ2) is 9.64. The molecule has 2 heteroatoms. The number of hydrogen-bond donors (Lipinski definition) is 0. The second-order valence-electron chi connectivity index (χ2n) is 5.25. The van der Waals surface area contributed by atoms with E-state index in [1.54, 1.807) is 0 Å². The van der Waals surface area contributed by atoms with Crippen LogP contribution in [-0.4, -0.2) is 18.5 Å². The molecule has 0 saturated carbocycles. The van der Waals surface area contributed by atoms with Crippen molar-refractivity contribution in [3.63, 3.8) is 0 Å². The highest BCUT2D eigenvalue weighted by atomic mass is 16.5. The Balaban J connectivity index is 1.93. The molecule has 0 amide bonds. The Labute approximate surface area is 106 Å². The summed E-state index contributed by atoms with van der Waals surface area (Å²) < 4.78 is 5.59. The highest BCUT2D eigenvalue weighted by molar-refractivity contribution is 5.78. The molecule has 1 aliphatic heterocycles. The Morgan fingerprint density at radius 3 is 2.59 bits per heavy atom. The highest BCUT2D eigenvalue weighted by Crippen LogP contribution is 2.17. The van der Waals surface area contributed by atoms with Gasteiger partial charge in [0.25, 0.3) is 0 Å². The molecule has 17 heavy (non-hydrogen) atoms. The predicted molar refractivity (Wildman–Crippen MR) is 71.2 cm³/mol. The van der Waals surface area contributed by atoms with Crippen molar-refractivity contribution in [1.82, 2.24) is 0 Å². The Kier molecular flexibility index (Phi) is 8.33. The molecule has 0 radical (unpaired) electrons. The largest absolute Gasteiger partial charge is 0.378 e. The van der Waals surface area contributed by atoms with Crippen molar-refractivity contribution in [3.8, 4) is 0 Å². The first-order chi connectivity index (χ1) is 8.33. The maximum Gasteiger partial charge on any atom is 0.135 e. The standard InChI is InChI=1S/C15H28O2/c1-2-3-4-5-6-7-10-14(16)13-15-11-8-9-12-17-15/h15H,2-13H2,1H3. The lowest BCUT2D eigenvalue weighted by Crippen LogP contribution is -2.22. The van der Waals surface area contributed by atoms with E-state index in [-0.39, 0.29) is 6.10 Å². The molecule has 0 aliphatic carbocycles. The van der Waals surface area contributed by atoms with E-state index in [2.05, 4.69) is 6.92 Å². The lowest BCUT2D eigenvalue weighted by molar-refractivity contribution is -0.122. The van der Waals surface area contributed by atoms with E-state index < -0.39 is 0 Å². The van der Waals surface area contributed by atoms with Gasteiger partial charge in [-0.05, 0) is 25.7 Å². The second-order valence-corrected chi connectivity index (χ2v) is 5.25. The third kappa shape index (κ3) is 7.54. The maximum atomic E-state index is 11.7. The van der Waals surface area contributed by atoms with Crippen LogP contribution in [0.1, 0.15) is 77.6 Å². The number of carbonyl (C=O) groups excluding carboxylic acids is 1. The van der Waals surface area contributed by atoms with E-state index in [0.29, 0.717) is 12.2 Å². The zero-order valence-corrected chi connectivity index (χ0v) is 11.4. The summed E-state index contributed by atoms with van der Waals surface area (Å²) in [6.07, 6.45) is 12.7. The van der Waals surface area contributed by atoms with Gasteiger partial charge in [-0.1, -0.05) is 39.0 Å². The molecule has 0 aromatic heterocycles. The first-order valence-corrected chi connectivity index (χ1v) is 7.46. The molecule has 0 spiro atoms. The first-order valence-electron chi connectivity index (χ1n) is 7.46. The topological polar surface area (TPSA) is 26.3 Å². The highest BCUT2D eigenvalue weighted by Gasteiger charge is 2.16. The van der Waals surface area contributed by atoms with Gasteiger partial charge in [-0.3, -0.25) is 4.79 Å². The quantitative estimate of drug-likeness (QED) is 0.563. The van der Waals surface area contributed by atoms with Gasteiger partial charge in [0.1, 0.15) is 5.78 Å². The molecule has 1 rings (SSSR count). The van der Waals surface area contributed by atoms with Gasteiger partial charge >= 0.3 is 0 Å². The summed E-state index contributed by atoms with van der Waals surface area (Å²) in [4.78, 5) is 11.7. The van der Waals surface area contributed by atoms with Crippen LogP contribution in [0.3, 0.4) is 0 Å². The minimum absolute atomic E-state index is 0.233. The number of ketones is 1. The van der Waals surface area contributed by atoms with E-state index in [9.17, 15) is 4.79 Å². The molecule has 0 aromatic carbocycles. The minimum Gasteiger partial charge on any atom is -0.378 e. The molecule has 1 fully saturated rings. The molecule has 1 atom stereocenters. The molecule has 0 aromatic rings. The average Bonchev–Trinajstić information content (AvgIpc) is 2.35. The van der Waals surface area contributed by atoms with E-state index >= 15 is 0 Å². The van der Waals surface area contributed by atoms with Gasteiger partial charge in [0.2, 0.25) is 0 Å². The van der Waals surface area contributed by atoms with Crippen molar-refractivity contribution in [1.29, 1.82) is 0 Å². The Morgan fingerprint density at radius 1 is 1.12 bits per heavy atom. The van der Waals surface area contributed by atoms with Gasteiger partial charge < -0.3 is 4.74 Å². The number of unbranched alkanes of at least 4 members (excludes halogenated alkanes) is 5. The summed E-state index contributed by atoms with van der Waals surface area (Å²) in [5, 5.41) is 0. The normalized spacial score (nSPS) is 20.4. The maximum absolute atomic E-state index is 11.7. The van der Waals surface area contributed by atoms with Gasteiger partial charge in [-0.15, -0.1) is 0 Å². The van der Waals surface area contributed by atoms with Crippen LogP contribution in [0.5, 0.6) is 0 Å². The van der Waals surface area contributed by atoms with Crippen molar-refractivity contribution < 1.29 is 9.53 Å². The van der Waals surface area contributed by atoms with Crippen LogP contribution in [0.4, 0.5) is 0 Å². The average molecular weight is 240 g/mol. The van der Waals surface area contributed by atoms with Crippen molar-refractivity contribution in [2.45, 2.75) is 83.7 Å². The molecular formula is C15H28O2. The van der Waals surface area contributed by atoms with E-state index in [0.717, 1.165) is 25.9 Å². The predicted octanol–water partition coefficient (Wildman–Crippen LogP) is 4.27. The number of rotatable bonds is 9. The van der Waals surface area contributed by atoms with Crippen LogP contribution in [0, 0.1) is 0 Å². The zero-order chi connectivity index (χ0) is 12.3. The fourth-order valence-electron chi connectivity index (χ4n) is 2.43. The molecule has 1 heterocycles. The zero-order valence-electron chi connectivity index (χ0n) is 11.4. The molecule has 1 aliphatic rings. The van der Waals surface area contributed by atoms with E-state index in [1.165, 1.54) is 44.9 Å². The molecule has 1 unspecified atom stereocenters. The molecule has 0 N–H and O–H groups in total. The summed E-state index contributed by atoms with van der Waals surface area (Å²) in [6, 6.07) is 0. The number of hydrogen-bond acceptors (Lipinski definition) is 2. The van der Waals surface area contributed by atoms with Crippen molar-refractivity contribution in [2.24, 2.45) is 0 Å². The van der Waals surface area contributed by atoms with Gasteiger partial charge in [-0.2, -0.15) is 0 Å². The molecule has 1 saturated heterocycles. The van der Waals surface area contributed by atoms with Crippen LogP contribution < -0.4 is 0 Å². The van der Waals surface area contributed by atoms with Crippen LogP contribution in [0.2, 0.25) is 0 Å². The summed E-state index contributed by atoms with van der Waals surface area (Å²) in [5.74, 6) is 0.410.